The zero-order valence-corrected chi connectivity index (χ0v) is 27.1. The van der Waals surface area contributed by atoms with Crippen LogP contribution in [0.2, 0.25) is 5.02 Å². The summed E-state index contributed by atoms with van der Waals surface area (Å²) < 4.78 is 68.8. The van der Waals surface area contributed by atoms with E-state index >= 15 is 4.39 Å². The van der Waals surface area contributed by atoms with Crippen LogP contribution in [0, 0.1) is 0 Å². The fraction of sp³-hybridized carbons (Fsp3) is 0.375. The summed E-state index contributed by atoms with van der Waals surface area (Å²) in [4.78, 5) is 49.2. The molecule has 2 aliphatic heterocycles. The van der Waals surface area contributed by atoms with Crippen LogP contribution in [0.5, 0.6) is 5.75 Å². The van der Waals surface area contributed by atoms with E-state index in [-0.39, 0.29) is 59.0 Å². The van der Waals surface area contributed by atoms with Crippen LogP contribution in [-0.2, 0) is 27.0 Å². The summed E-state index contributed by atoms with van der Waals surface area (Å²) in [5.74, 6) is -1.50. The molecule has 1 fully saturated rings. The van der Waals surface area contributed by atoms with Crippen LogP contribution in [0.25, 0.3) is 11.4 Å². The largest absolute Gasteiger partial charge is 0.505 e. The number of fused-ring (bicyclic) bond motifs is 1. The Bertz CT molecular complexity index is 2030. The van der Waals surface area contributed by atoms with Crippen molar-refractivity contribution in [1.29, 1.82) is 0 Å². The third kappa shape index (κ3) is 7.34. The predicted molar refractivity (Wildman–Crippen MR) is 170 cm³/mol. The van der Waals surface area contributed by atoms with Gasteiger partial charge in [-0.25, -0.2) is 9.37 Å². The molecule has 1 saturated heterocycles. The van der Waals surface area contributed by atoms with Crippen molar-refractivity contribution in [1.82, 2.24) is 29.0 Å². The molecule has 2 aliphatic rings. The molecule has 5 heterocycles. The van der Waals surface area contributed by atoms with Crippen LogP contribution in [-0.4, -0.2) is 84.5 Å². The van der Waals surface area contributed by atoms with Crippen molar-refractivity contribution in [2.45, 2.75) is 50.9 Å². The number of halogens is 5. The zero-order valence-electron chi connectivity index (χ0n) is 26.4. The fourth-order valence-corrected chi connectivity index (χ4v) is 5.99. The number of nitrogens with one attached hydrogen (secondary N) is 1. The Balaban J connectivity index is 1.27. The number of benzene rings is 1. The van der Waals surface area contributed by atoms with Crippen molar-refractivity contribution in [2.75, 3.05) is 31.6 Å². The summed E-state index contributed by atoms with van der Waals surface area (Å²) in [6.45, 7) is 1.52. The maximum absolute atomic E-state index is 15.5. The zero-order chi connectivity index (χ0) is 35.7. The topological polar surface area (TPSA) is 153 Å². The van der Waals surface area contributed by atoms with Crippen molar-refractivity contribution < 1.29 is 41.7 Å². The molecule has 2 N–H and O–H groups in total. The van der Waals surface area contributed by atoms with Crippen LogP contribution in [0.15, 0.2) is 53.5 Å². The lowest BCUT2D eigenvalue weighted by Gasteiger charge is -2.36. The molecule has 0 radical (unpaired) electrons. The van der Waals surface area contributed by atoms with Gasteiger partial charge in [0, 0.05) is 18.8 Å². The smallest absolute Gasteiger partial charge is 0.416 e. The van der Waals surface area contributed by atoms with Crippen LogP contribution >= 0.6 is 11.6 Å². The van der Waals surface area contributed by atoms with Gasteiger partial charge >= 0.3 is 6.18 Å². The first-order chi connectivity index (χ1) is 23.8. The molecular formula is C32H30ClF4N7O6. The van der Waals surface area contributed by atoms with Crippen LogP contribution in [0.3, 0.4) is 0 Å². The second-order valence-corrected chi connectivity index (χ2v) is 12.1. The molecule has 1 aromatic carbocycles. The predicted octanol–water partition coefficient (Wildman–Crippen LogP) is 4.44. The Morgan fingerprint density at radius 3 is 2.72 bits per heavy atom. The van der Waals surface area contributed by atoms with Gasteiger partial charge in [-0.2, -0.15) is 22.7 Å². The Morgan fingerprint density at radius 1 is 1.24 bits per heavy atom. The Morgan fingerprint density at radius 2 is 2.04 bits per heavy atom. The number of amides is 2. The molecular weight excluding hydrogens is 690 g/mol. The summed E-state index contributed by atoms with van der Waals surface area (Å²) in [5, 5.41) is 16.5. The molecule has 3 aromatic heterocycles. The van der Waals surface area contributed by atoms with Crippen molar-refractivity contribution in [3.8, 4) is 5.75 Å². The number of hydrogen-bond acceptors (Lipinski definition) is 9. The highest BCUT2D eigenvalue weighted by atomic mass is 35.5. The number of nitrogens with zero attached hydrogens (tertiary/aromatic N) is 6. The fourth-order valence-electron chi connectivity index (χ4n) is 5.76. The molecule has 4 aromatic rings. The lowest BCUT2D eigenvalue weighted by atomic mass is 10.0. The van der Waals surface area contributed by atoms with E-state index in [0.717, 1.165) is 22.2 Å². The lowest BCUT2D eigenvalue weighted by molar-refractivity contribution is -0.137. The molecule has 2 unspecified atom stereocenters. The number of aromatic nitrogens is 5. The van der Waals surface area contributed by atoms with E-state index in [1.807, 2.05) is 0 Å². The van der Waals surface area contributed by atoms with Gasteiger partial charge in [0.05, 0.1) is 53.9 Å². The molecule has 0 aliphatic carbocycles. The molecule has 2 amide bonds. The van der Waals surface area contributed by atoms with Crippen molar-refractivity contribution in [3.63, 3.8) is 0 Å². The van der Waals surface area contributed by atoms with E-state index in [9.17, 15) is 32.7 Å². The second-order valence-electron chi connectivity index (χ2n) is 11.7. The van der Waals surface area contributed by atoms with E-state index in [2.05, 4.69) is 20.4 Å². The minimum absolute atomic E-state index is 0.0357. The van der Waals surface area contributed by atoms with E-state index in [4.69, 9.17) is 21.1 Å². The quantitative estimate of drug-likeness (QED) is 0.252. The summed E-state index contributed by atoms with van der Waals surface area (Å²) in [7, 11) is 0. The average molecular weight is 720 g/mol. The number of rotatable bonds is 8. The molecule has 0 bridgehead atoms. The molecule has 0 saturated carbocycles. The van der Waals surface area contributed by atoms with Crippen molar-refractivity contribution in [3.05, 3.63) is 86.8 Å². The number of aromatic hydroxyl groups is 1. The first-order valence-corrected chi connectivity index (χ1v) is 15.8. The molecule has 264 valence electrons. The number of ether oxygens (including phenoxy) is 2. The van der Waals surface area contributed by atoms with E-state index in [1.165, 1.54) is 33.9 Å². The van der Waals surface area contributed by atoms with Crippen LogP contribution in [0.4, 0.5) is 23.2 Å². The van der Waals surface area contributed by atoms with Crippen LogP contribution < -0.4 is 10.9 Å². The number of alkyl halides is 4. The van der Waals surface area contributed by atoms with E-state index in [1.54, 1.807) is 13.0 Å². The normalized spacial score (nSPS) is 18.9. The number of likely N-dealkylation sites (tertiary alicyclic amines) is 1. The number of carbonyl (C=O) groups is 2. The van der Waals surface area contributed by atoms with Gasteiger partial charge in [0.25, 0.3) is 11.5 Å². The minimum Gasteiger partial charge on any atom is -0.505 e. The first-order valence-electron chi connectivity index (χ1n) is 15.5. The van der Waals surface area contributed by atoms with E-state index in [0.29, 0.717) is 25.7 Å². The molecule has 18 heteroatoms. The SMILES string of the molecule is C[C@@H](OC1CCN(C(=O)c2ncccc2O)CC1F)c1cc(=O)n2nc(C3=CCOCC3)nc2n1CC(=O)Nc1ccc(C(F)(F)F)cc1Cl. The number of hydrogen-bond donors (Lipinski definition) is 2. The molecule has 13 nitrogen and oxygen atoms in total. The third-order valence-electron chi connectivity index (χ3n) is 8.30. The maximum atomic E-state index is 15.5. The van der Waals surface area contributed by atoms with Gasteiger partial charge in [0.2, 0.25) is 11.7 Å². The van der Waals surface area contributed by atoms with E-state index < -0.39 is 54.0 Å². The Kier molecular flexibility index (Phi) is 9.91. The standard InChI is InChI=1S/C32H30ClF4N7O6/c1-17(50-25-6-10-42(15-21(25)34)30(48)28-24(45)3-2-9-38-28)23-14-27(47)44-31(40-29(41-44)18-7-11-49-12-8-18)43(23)16-26(46)39-22-5-4-19(13-20(22)33)32(35,36)37/h2-5,7,9,13-14,17,21,25,45H,6,8,10-12,15-16H2,1H3,(H,39,46)/t17-,21?,25?/m1/s1. The lowest BCUT2D eigenvalue weighted by Crippen LogP contribution is -2.48. The number of anilines is 1. The van der Waals surface area contributed by atoms with Crippen molar-refractivity contribution in [2.24, 2.45) is 0 Å². The third-order valence-corrected chi connectivity index (χ3v) is 8.61. The van der Waals surface area contributed by atoms with Gasteiger partial charge in [-0.3, -0.25) is 14.4 Å². The van der Waals surface area contributed by atoms with Gasteiger partial charge in [0.1, 0.15) is 18.5 Å². The molecule has 50 heavy (non-hydrogen) atoms. The molecule has 6 rings (SSSR count). The summed E-state index contributed by atoms with van der Waals surface area (Å²) in [6.07, 6.45) is -4.67. The first kappa shape index (κ1) is 35.0. The highest BCUT2D eigenvalue weighted by molar-refractivity contribution is 6.33. The monoisotopic (exact) mass is 719 g/mol. The van der Waals surface area contributed by atoms with Gasteiger partial charge in [0.15, 0.2) is 11.5 Å². The average Bonchev–Trinajstić information content (AvgIpc) is 3.54. The summed E-state index contributed by atoms with van der Waals surface area (Å²) in [6, 6.07) is 6.43. The maximum Gasteiger partial charge on any atom is 0.416 e. The van der Waals surface area contributed by atoms with Crippen molar-refractivity contribution >= 4 is 40.5 Å². The summed E-state index contributed by atoms with van der Waals surface area (Å²) in [5.41, 5.74) is -1.02. The number of piperidine rings is 1. The van der Waals surface area contributed by atoms with Crippen LogP contribution in [0.1, 0.15) is 53.4 Å². The highest BCUT2D eigenvalue weighted by Crippen LogP contribution is 2.34. The minimum atomic E-state index is -4.64. The number of carbonyl (C=O) groups excluding carboxylic acids is 2. The summed E-state index contributed by atoms with van der Waals surface area (Å²) >= 11 is 6.06. The second kappa shape index (κ2) is 14.2. The van der Waals surface area contributed by atoms with Gasteiger partial charge in [-0.15, -0.1) is 5.10 Å². The molecule has 3 atom stereocenters. The van der Waals surface area contributed by atoms with Gasteiger partial charge in [-0.05, 0) is 55.7 Å². The Labute approximate surface area is 286 Å². The molecule has 0 spiro atoms. The highest BCUT2D eigenvalue weighted by Gasteiger charge is 2.36. The Hall–Kier alpha value is -4.87. The number of pyridine rings is 1. The van der Waals surface area contributed by atoms with Gasteiger partial charge in [-0.1, -0.05) is 17.7 Å². The van der Waals surface area contributed by atoms with Gasteiger partial charge < -0.3 is 29.4 Å².